The number of aryl methyl sites for hydroxylation is 2. The molecule has 0 aliphatic heterocycles. The van der Waals surface area contributed by atoms with Gasteiger partial charge < -0.3 is 20.1 Å². The van der Waals surface area contributed by atoms with Crippen molar-refractivity contribution in [2.45, 2.75) is 25.6 Å². The first-order valence-electron chi connectivity index (χ1n) is 8.15. The number of ether oxygens (including phenoxy) is 1. The molecule has 2 atom stereocenters. The second-order valence-electron chi connectivity index (χ2n) is 6.25. The molecule has 3 N–H and O–H groups in total. The quantitative estimate of drug-likeness (QED) is 0.380. The number of hydrogen-bond donors (Lipinski definition) is 3. The Balaban J connectivity index is 2.38. The van der Waals surface area contributed by atoms with Crippen molar-refractivity contribution >= 4 is 23.7 Å². The molecule has 0 heterocycles. The summed E-state index contributed by atoms with van der Waals surface area (Å²) >= 11 is 0. The first-order valence-corrected chi connectivity index (χ1v) is 8.15. The highest BCUT2D eigenvalue weighted by molar-refractivity contribution is 6.19. The van der Waals surface area contributed by atoms with Gasteiger partial charge in [-0.25, -0.2) is 14.4 Å². The fraction of sp³-hybridized carbons (Fsp3) is 0.200. The summed E-state index contributed by atoms with van der Waals surface area (Å²) in [6.07, 6.45) is -2.85. The smallest absolute Gasteiger partial charge is 0.357 e. The van der Waals surface area contributed by atoms with E-state index in [-0.39, 0.29) is 11.1 Å². The summed E-state index contributed by atoms with van der Waals surface area (Å²) < 4.78 is 4.51. The molecule has 146 valence electrons. The lowest BCUT2D eigenvalue weighted by Crippen LogP contribution is -2.59. The van der Waals surface area contributed by atoms with E-state index in [0.717, 1.165) is 11.1 Å². The van der Waals surface area contributed by atoms with E-state index < -0.39 is 35.4 Å². The van der Waals surface area contributed by atoms with Gasteiger partial charge in [0.05, 0.1) is 5.56 Å². The van der Waals surface area contributed by atoms with Crippen molar-refractivity contribution in [1.82, 2.24) is 0 Å². The number of hydrogen-bond acceptors (Lipinski definition) is 7. The number of esters is 2. The first kappa shape index (κ1) is 20.9. The summed E-state index contributed by atoms with van der Waals surface area (Å²) in [7, 11) is 0. The molecule has 0 saturated carbocycles. The predicted octanol–water partition coefficient (Wildman–Crippen LogP) is 1.05. The van der Waals surface area contributed by atoms with Crippen LogP contribution in [0, 0.1) is 13.8 Å². The maximum atomic E-state index is 12.6. The van der Waals surface area contributed by atoms with Gasteiger partial charge in [0, 0.05) is 5.56 Å². The molecule has 0 aromatic heterocycles. The fourth-order valence-corrected chi connectivity index (χ4v) is 2.34. The lowest BCUT2D eigenvalue weighted by Gasteiger charge is -2.26. The lowest BCUT2D eigenvalue weighted by atomic mass is 9.87. The average Bonchev–Trinajstić information content (AvgIpc) is 2.67. The van der Waals surface area contributed by atoms with Crippen LogP contribution in [0.3, 0.4) is 0 Å². The highest BCUT2D eigenvalue weighted by atomic mass is 16.6. The third kappa shape index (κ3) is 4.13. The van der Waals surface area contributed by atoms with E-state index >= 15 is 0 Å². The number of carboxylic acid groups (broad SMARTS) is 1. The third-order valence-corrected chi connectivity index (χ3v) is 4.07. The van der Waals surface area contributed by atoms with Crippen molar-refractivity contribution in [2.24, 2.45) is 0 Å². The third-order valence-electron chi connectivity index (χ3n) is 4.07. The van der Waals surface area contributed by atoms with Crippen molar-refractivity contribution in [1.29, 1.82) is 0 Å². The molecule has 28 heavy (non-hydrogen) atoms. The number of carbonyl (C=O) groups is 4. The normalized spacial score (nSPS) is 13.9. The first-order chi connectivity index (χ1) is 13.1. The number of carbonyl (C=O) groups excluding carboxylic acids is 3. The Hall–Kier alpha value is -3.36. The van der Waals surface area contributed by atoms with Gasteiger partial charge >= 0.3 is 17.9 Å². The van der Waals surface area contributed by atoms with Gasteiger partial charge in [0.25, 0.3) is 5.60 Å². The number of rotatable bonds is 6. The lowest BCUT2D eigenvalue weighted by molar-refractivity contribution is -0.175. The number of carboxylic acids is 1. The van der Waals surface area contributed by atoms with Gasteiger partial charge in [-0.05, 0) is 26.0 Å². The Morgan fingerprint density at radius 2 is 1.29 bits per heavy atom. The summed E-state index contributed by atoms with van der Waals surface area (Å²) in [6.45, 7) is 3.49. The number of ketones is 1. The molecule has 8 nitrogen and oxygen atoms in total. The minimum absolute atomic E-state index is 0.0612. The largest absolute Gasteiger partial charge is 0.479 e. The molecule has 2 aromatic rings. The molecule has 0 saturated heterocycles. The number of aliphatic hydroxyl groups excluding tert-OH is 1. The zero-order chi connectivity index (χ0) is 21.1. The van der Waals surface area contributed by atoms with E-state index in [0.29, 0.717) is 0 Å². The van der Waals surface area contributed by atoms with Gasteiger partial charge in [0.15, 0.2) is 6.10 Å². The summed E-state index contributed by atoms with van der Waals surface area (Å²) in [6, 6.07) is 11.3. The zero-order valence-corrected chi connectivity index (χ0v) is 15.1. The van der Waals surface area contributed by atoms with Crippen molar-refractivity contribution in [2.75, 3.05) is 0 Å². The molecule has 2 unspecified atom stereocenters. The molecule has 0 bridgehead atoms. The van der Waals surface area contributed by atoms with Crippen molar-refractivity contribution < 1.29 is 39.2 Å². The van der Waals surface area contributed by atoms with Crippen LogP contribution in [-0.2, 0) is 14.3 Å². The Morgan fingerprint density at radius 3 is 1.71 bits per heavy atom. The molecule has 0 amide bonds. The maximum absolute atomic E-state index is 12.6. The number of aliphatic carboxylic acids is 1. The summed E-state index contributed by atoms with van der Waals surface area (Å²) in [5.74, 6) is -6.55. The average molecular weight is 386 g/mol. The van der Waals surface area contributed by atoms with Crippen molar-refractivity contribution in [3.63, 3.8) is 0 Å². The Bertz CT molecular complexity index is 914. The molecule has 0 radical (unpaired) electrons. The van der Waals surface area contributed by atoms with Gasteiger partial charge in [-0.2, -0.15) is 0 Å². The Labute approximate surface area is 160 Å². The number of Topliss-reactive ketones (excluding diaryl/α,β-unsaturated/α-hetero) is 1. The molecule has 2 rings (SSSR count). The molecule has 0 aliphatic carbocycles. The number of benzene rings is 2. The topological polar surface area (TPSA) is 138 Å². The summed E-state index contributed by atoms with van der Waals surface area (Å²) in [5.41, 5.74) is -2.23. The zero-order valence-electron chi connectivity index (χ0n) is 15.1. The van der Waals surface area contributed by atoms with Crippen LogP contribution < -0.4 is 0 Å². The SMILES string of the molecule is Cc1ccc(C(=O)OC(=O)C(O)(C(=O)c2ccc(C)cc2)C(O)C(=O)O)cc1. The van der Waals surface area contributed by atoms with Gasteiger partial charge in [0.1, 0.15) is 0 Å². The highest BCUT2D eigenvalue weighted by Crippen LogP contribution is 2.22. The van der Waals surface area contributed by atoms with E-state index in [1.807, 2.05) is 0 Å². The van der Waals surface area contributed by atoms with Crippen LogP contribution in [-0.4, -0.2) is 50.7 Å². The fourth-order valence-electron chi connectivity index (χ4n) is 2.34. The Morgan fingerprint density at radius 1 is 0.857 bits per heavy atom. The molecule has 2 aromatic carbocycles. The van der Waals surface area contributed by atoms with Crippen LogP contribution in [0.15, 0.2) is 48.5 Å². The van der Waals surface area contributed by atoms with Gasteiger partial charge in [0.2, 0.25) is 5.78 Å². The second-order valence-corrected chi connectivity index (χ2v) is 6.25. The monoisotopic (exact) mass is 386 g/mol. The molecular weight excluding hydrogens is 368 g/mol. The van der Waals surface area contributed by atoms with E-state index in [1.165, 1.54) is 36.4 Å². The van der Waals surface area contributed by atoms with E-state index in [2.05, 4.69) is 4.74 Å². The predicted molar refractivity (Wildman–Crippen MR) is 95.7 cm³/mol. The molecule has 0 spiro atoms. The van der Waals surface area contributed by atoms with Crippen LogP contribution in [0.2, 0.25) is 0 Å². The minimum atomic E-state index is -3.51. The van der Waals surface area contributed by atoms with Crippen molar-refractivity contribution in [3.05, 3.63) is 70.8 Å². The molecule has 0 aliphatic rings. The van der Waals surface area contributed by atoms with Gasteiger partial charge in [-0.3, -0.25) is 4.79 Å². The van der Waals surface area contributed by atoms with Crippen LogP contribution in [0.5, 0.6) is 0 Å². The molecular formula is C20H18O8. The van der Waals surface area contributed by atoms with Crippen LogP contribution in [0.1, 0.15) is 31.8 Å². The van der Waals surface area contributed by atoms with Crippen LogP contribution in [0.25, 0.3) is 0 Å². The van der Waals surface area contributed by atoms with Crippen LogP contribution >= 0.6 is 0 Å². The highest BCUT2D eigenvalue weighted by Gasteiger charge is 2.56. The van der Waals surface area contributed by atoms with Gasteiger partial charge in [-0.1, -0.05) is 47.5 Å². The number of aliphatic hydroxyl groups is 2. The minimum Gasteiger partial charge on any atom is -0.479 e. The maximum Gasteiger partial charge on any atom is 0.357 e. The standard InChI is InChI=1S/C20H18O8/c1-11-3-7-13(8-4-11)15(21)20(27,16(22)17(23)24)19(26)28-18(25)14-9-5-12(2)6-10-14/h3-10,16,22,27H,1-2H3,(H,23,24). The Kier molecular flexibility index (Phi) is 6.07. The van der Waals surface area contributed by atoms with E-state index in [9.17, 15) is 29.4 Å². The summed E-state index contributed by atoms with van der Waals surface area (Å²) in [4.78, 5) is 48.3. The van der Waals surface area contributed by atoms with E-state index in [1.54, 1.807) is 26.0 Å². The van der Waals surface area contributed by atoms with Gasteiger partial charge in [-0.15, -0.1) is 0 Å². The molecule has 8 heteroatoms. The van der Waals surface area contributed by atoms with Crippen molar-refractivity contribution in [3.8, 4) is 0 Å². The molecule has 0 fully saturated rings. The summed E-state index contributed by atoms with van der Waals surface area (Å²) in [5, 5.41) is 29.4. The van der Waals surface area contributed by atoms with Crippen LogP contribution in [0.4, 0.5) is 0 Å². The van der Waals surface area contributed by atoms with E-state index in [4.69, 9.17) is 5.11 Å². The second kappa shape index (κ2) is 8.12.